The zero-order valence-corrected chi connectivity index (χ0v) is 16.6. The molecular formula is C23H24N2O4. The van der Waals surface area contributed by atoms with Crippen molar-refractivity contribution in [2.75, 3.05) is 17.2 Å². The molecular weight excluding hydrogens is 368 g/mol. The molecule has 3 aromatic rings. The van der Waals surface area contributed by atoms with Crippen LogP contribution in [0.5, 0.6) is 5.75 Å². The van der Waals surface area contributed by atoms with Crippen LogP contribution in [0.1, 0.15) is 36.7 Å². The van der Waals surface area contributed by atoms with Gasteiger partial charge in [0.1, 0.15) is 17.1 Å². The summed E-state index contributed by atoms with van der Waals surface area (Å²) in [6, 6.07) is 11.1. The van der Waals surface area contributed by atoms with Gasteiger partial charge in [0.25, 0.3) is 5.91 Å². The van der Waals surface area contributed by atoms with Crippen molar-refractivity contribution in [3.8, 4) is 5.75 Å². The molecule has 6 nitrogen and oxygen atoms in total. The van der Waals surface area contributed by atoms with E-state index in [0.717, 1.165) is 35.1 Å². The van der Waals surface area contributed by atoms with Gasteiger partial charge in [0, 0.05) is 35.7 Å². The molecule has 0 aliphatic heterocycles. The van der Waals surface area contributed by atoms with Gasteiger partial charge in [-0.3, -0.25) is 9.59 Å². The highest BCUT2D eigenvalue weighted by Crippen LogP contribution is 2.34. The number of anilines is 2. The quantitative estimate of drug-likeness (QED) is 0.665. The Morgan fingerprint density at radius 2 is 1.83 bits per heavy atom. The summed E-state index contributed by atoms with van der Waals surface area (Å²) in [6.45, 7) is 3.19. The van der Waals surface area contributed by atoms with Crippen LogP contribution in [0.25, 0.3) is 11.0 Å². The number of furan rings is 1. The van der Waals surface area contributed by atoms with Crippen LogP contribution in [-0.4, -0.2) is 18.4 Å². The number of ether oxygens (including phenoxy) is 1. The van der Waals surface area contributed by atoms with E-state index in [2.05, 4.69) is 10.6 Å². The van der Waals surface area contributed by atoms with Crippen molar-refractivity contribution >= 4 is 34.2 Å². The van der Waals surface area contributed by atoms with Gasteiger partial charge in [-0.25, -0.2) is 0 Å². The number of aryl methyl sites for hydroxylation is 2. The molecule has 0 spiro atoms. The molecule has 0 saturated heterocycles. The Morgan fingerprint density at radius 3 is 2.62 bits per heavy atom. The first-order valence-electron chi connectivity index (χ1n) is 9.85. The molecule has 0 radical (unpaired) electrons. The zero-order chi connectivity index (χ0) is 20.4. The molecule has 2 N–H and O–H groups in total. The van der Waals surface area contributed by atoms with Crippen LogP contribution in [0.3, 0.4) is 0 Å². The highest BCUT2D eigenvalue weighted by atomic mass is 16.5. The average molecular weight is 392 g/mol. The average Bonchev–Trinajstić information content (AvgIpc) is 3.07. The molecule has 0 bridgehead atoms. The van der Waals surface area contributed by atoms with Crippen molar-refractivity contribution in [2.24, 2.45) is 0 Å². The molecule has 1 aliphatic rings. The first-order valence-corrected chi connectivity index (χ1v) is 9.85. The highest BCUT2D eigenvalue weighted by molar-refractivity contribution is 5.95. The number of rotatable bonds is 5. The molecule has 29 heavy (non-hydrogen) atoms. The normalized spacial score (nSPS) is 13.0. The number of benzene rings is 2. The molecule has 0 atom stereocenters. The third-order valence-corrected chi connectivity index (χ3v) is 5.22. The maximum absolute atomic E-state index is 12.4. The molecule has 0 unspecified atom stereocenters. The summed E-state index contributed by atoms with van der Waals surface area (Å²) in [6.07, 6.45) is 4.35. The van der Waals surface area contributed by atoms with Crippen LogP contribution in [0, 0.1) is 6.92 Å². The molecule has 0 saturated carbocycles. The Kier molecular flexibility index (Phi) is 5.25. The number of carbonyl (C=O) groups excluding carboxylic acids is 2. The minimum atomic E-state index is -0.262. The Morgan fingerprint density at radius 1 is 1.07 bits per heavy atom. The van der Waals surface area contributed by atoms with E-state index in [4.69, 9.17) is 9.15 Å². The van der Waals surface area contributed by atoms with E-state index in [-0.39, 0.29) is 18.4 Å². The summed E-state index contributed by atoms with van der Waals surface area (Å²) < 4.78 is 11.7. The minimum Gasteiger partial charge on any atom is -0.484 e. The lowest BCUT2D eigenvalue weighted by Crippen LogP contribution is -2.21. The van der Waals surface area contributed by atoms with Crippen LogP contribution in [0.2, 0.25) is 0 Å². The van der Waals surface area contributed by atoms with E-state index in [1.807, 2.05) is 25.1 Å². The highest BCUT2D eigenvalue weighted by Gasteiger charge is 2.18. The third kappa shape index (κ3) is 4.11. The molecule has 1 aliphatic carbocycles. The number of hydrogen-bond donors (Lipinski definition) is 2. The molecule has 0 fully saturated rings. The van der Waals surface area contributed by atoms with E-state index in [1.54, 1.807) is 18.2 Å². The lowest BCUT2D eigenvalue weighted by atomic mass is 9.96. The Balaban J connectivity index is 1.43. The van der Waals surface area contributed by atoms with Crippen LogP contribution in [0.15, 0.2) is 40.8 Å². The second-order valence-corrected chi connectivity index (χ2v) is 7.37. The fraction of sp³-hybridized carbons (Fsp3) is 0.304. The van der Waals surface area contributed by atoms with E-state index in [1.165, 1.54) is 25.3 Å². The van der Waals surface area contributed by atoms with Gasteiger partial charge in [-0.2, -0.15) is 0 Å². The molecule has 1 heterocycles. The molecule has 6 heteroatoms. The molecule has 2 aromatic carbocycles. The maximum Gasteiger partial charge on any atom is 0.262 e. The van der Waals surface area contributed by atoms with Crippen LogP contribution in [0.4, 0.5) is 11.4 Å². The fourth-order valence-electron chi connectivity index (χ4n) is 3.76. The maximum atomic E-state index is 12.4. The van der Waals surface area contributed by atoms with Gasteiger partial charge in [0.15, 0.2) is 6.61 Å². The largest absolute Gasteiger partial charge is 0.484 e. The summed E-state index contributed by atoms with van der Waals surface area (Å²) in [5, 5.41) is 6.68. The predicted octanol–water partition coefficient (Wildman–Crippen LogP) is 4.60. The topological polar surface area (TPSA) is 80.6 Å². The summed E-state index contributed by atoms with van der Waals surface area (Å²) in [5.41, 5.74) is 4.25. The lowest BCUT2D eigenvalue weighted by Gasteiger charge is -2.13. The van der Waals surface area contributed by atoms with Crippen LogP contribution in [-0.2, 0) is 22.4 Å². The van der Waals surface area contributed by atoms with Crippen molar-refractivity contribution in [3.05, 3.63) is 53.3 Å². The lowest BCUT2D eigenvalue weighted by molar-refractivity contribution is -0.118. The molecule has 2 amide bonds. The summed E-state index contributed by atoms with van der Waals surface area (Å²) in [5.74, 6) is 1.31. The van der Waals surface area contributed by atoms with Gasteiger partial charge in [-0.05, 0) is 62.1 Å². The van der Waals surface area contributed by atoms with Gasteiger partial charge in [-0.15, -0.1) is 0 Å². The van der Waals surface area contributed by atoms with E-state index in [0.29, 0.717) is 17.1 Å². The fourth-order valence-corrected chi connectivity index (χ4v) is 3.76. The molecule has 4 rings (SSSR count). The van der Waals surface area contributed by atoms with Crippen LogP contribution < -0.4 is 15.4 Å². The van der Waals surface area contributed by atoms with Crippen molar-refractivity contribution in [1.29, 1.82) is 0 Å². The predicted molar refractivity (Wildman–Crippen MR) is 112 cm³/mol. The van der Waals surface area contributed by atoms with Gasteiger partial charge in [0.05, 0.1) is 0 Å². The summed E-state index contributed by atoms with van der Waals surface area (Å²) in [4.78, 5) is 23.7. The van der Waals surface area contributed by atoms with Crippen molar-refractivity contribution < 1.29 is 18.7 Å². The number of nitrogens with one attached hydrogen (secondary N) is 2. The Labute approximate surface area is 169 Å². The second kappa shape index (κ2) is 7.99. The van der Waals surface area contributed by atoms with E-state index >= 15 is 0 Å². The first-order chi connectivity index (χ1) is 14.0. The molecule has 150 valence electrons. The number of fused-ring (bicyclic) bond motifs is 3. The van der Waals surface area contributed by atoms with Crippen molar-refractivity contribution in [3.63, 3.8) is 0 Å². The van der Waals surface area contributed by atoms with Gasteiger partial charge >= 0.3 is 0 Å². The second-order valence-electron chi connectivity index (χ2n) is 7.37. The monoisotopic (exact) mass is 392 g/mol. The van der Waals surface area contributed by atoms with Gasteiger partial charge in [0.2, 0.25) is 5.91 Å². The first kappa shape index (κ1) is 19.1. The van der Waals surface area contributed by atoms with E-state index < -0.39 is 0 Å². The number of hydrogen-bond acceptors (Lipinski definition) is 4. The van der Waals surface area contributed by atoms with E-state index in [9.17, 15) is 9.59 Å². The summed E-state index contributed by atoms with van der Waals surface area (Å²) in [7, 11) is 0. The third-order valence-electron chi connectivity index (χ3n) is 5.22. The van der Waals surface area contributed by atoms with Crippen molar-refractivity contribution in [1.82, 2.24) is 0 Å². The Hall–Kier alpha value is -3.28. The van der Waals surface area contributed by atoms with Gasteiger partial charge < -0.3 is 19.8 Å². The summed E-state index contributed by atoms with van der Waals surface area (Å²) >= 11 is 0. The van der Waals surface area contributed by atoms with Crippen LogP contribution >= 0.6 is 0 Å². The smallest absolute Gasteiger partial charge is 0.262 e. The minimum absolute atomic E-state index is 0.102. The number of amides is 2. The molecule has 1 aromatic heterocycles. The van der Waals surface area contributed by atoms with Gasteiger partial charge in [-0.1, -0.05) is 6.07 Å². The SMILES string of the molecule is CC(=O)Nc1cccc(NC(=O)COc2ccc3oc4c(c3c2)CCCC4)c1C. The standard InChI is InChI=1S/C23H24N2O4/c1-14-19(24-15(2)26)7-5-8-20(14)25-23(27)13-28-16-10-11-22-18(12-16)17-6-3-4-9-21(17)29-22/h5,7-8,10-12H,3-4,6,9,13H2,1-2H3,(H,24,26)(H,25,27). The van der Waals surface area contributed by atoms with Crippen molar-refractivity contribution in [2.45, 2.75) is 39.5 Å². The zero-order valence-electron chi connectivity index (χ0n) is 16.6. The number of carbonyl (C=O) groups is 2. The Bertz CT molecular complexity index is 1080.